The Balaban J connectivity index is 1.52. The van der Waals surface area contributed by atoms with Crippen molar-refractivity contribution in [2.75, 3.05) is 18.5 Å². The van der Waals surface area contributed by atoms with Gasteiger partial charge in [0, 0.05) is 31.0 Å². The molecule has 1 saturated heterocycles. The molecule has 0 unspecified atom stereocenters. The highest BCUT2D eigenvalue weighted by Gasteiger charge is 2.38. The minimum absolute atomic E-state index is 0.252. The minimum Gasteiger partial charge on any atom is -0.381 e. The highest BCUT2D eigenvalue weighted by Crippen LogP contribution is 2.37. The van der Waals surface area contributed by atoms with Crippen LogP contribution < -0.4 is 5.32 Å². The Morgan fingerprint density at radius 1 is 1.16 bits per heavy atom. The summed E-state index contributed by atoms with van der Waals surface area (Å²) in [5.41, 5.74) is 0.637. The summed E-state index contributed by atoms with van der Waals surface area (Å²) in [6.45, 7) is 1.35. The molecule has 1 amide bonds. The van der Waals surface area contributed by atoms with Gasteiger partial charge in [0.1, 0.15) is 6.04 Å². The molecule has 1 N–H and O–H groups in total. The Labute approximate surface area is 186 Å². The van der Waals surface area contributed by atoms with Crippen molar-refractivity contribution in [1.82, 2.24) is 19.7 Å². The zero-order valence-electron chi connectivity index (χ0n) is 17.6. The molecule has 1 aliphatic carbocycles. The van der Waals surface area contributed by atoms with Gasteiger partial charge in [-0.2, -0.15) is 5.10 Å². The van der Waals surface area contributed by atoms with Gasteiger partial charge < -0.3 is 10.1 Å². The predicted octanol–water partition coefficient (Wildman–Crippen LogP) is 2.76. The van der Waals surface area contributed by atoms with E-state index in [1.54, 1.807) is 23.0 Å². The van der Waals surface area contributed by atoms with Crippen LogP contribution >= 0.6 is 0 Å². The topological polar surface area (TPSA) is 116 Å². The number of anilines is 1. The van der Waals surface area contributed by atoms with Crippen LogP contribution in [0.15, 0.2) is 47.9 Å². The first-order chi connectivity index (χ1) is 15.5. The van der Waals surface area contributed by atoms with Crippen LogP contribution in [-0.2, 0) is 19.4 Å². The summed E-state index contributed by atoms with van der Waals surface area (Å²) < 4.78 is 33.0. The van der Waals surface area contributed by atoms with Crippen LogP contribution in [0.5, 0.6) is 0 Å². The average Bonchev–Trinajstić information content (AvgIpc) is 3.59. The van der Waals surface area contributed by atoms with Crippen molar-refractivity contribution in [3.8, 4) is 0 Å². The van der Waals surface area contributed by atoms with Crippen LogP contribution in [0.1, 0.15) is 38.1 Å². The van der Waals surface area contributed by atoms with Gasteiger partial charge in [-0.05, 0) is 50.2 Å². The van der Waals surface area contributed by atoms with Gasteiger partial charge in [-0.25, -0.2) is 13.4 Å². The zero-order valence-corrected chi connectivity index (χ0v) is 18.4. The van der Waals surface area contributed by atoms with Gasteiger partial charge in [0.05, 0.1) is 28.1 Å². The number of sulfone groups is 1. The maximum atomic E-state index is 13.3. The first-order valence-corrected chi connectivity index (χ1v) is 12.4. The summed E-state index contributed by atoms with van der Waals surface area (Å²) in [5.74, 6) is 0.416. The minimum atomic E-state index is -3.39. The van der Waals surface area contributed by atoms with Gasteiger partial charge in [0.2, 0.25) is 5.91 Å². The van der Waals surface area contributed by atoms with Crippen molar-refractivity contribution >= 4 is 32.5 Å². The Bertz CT molecular complexity index is 1220. The van der Waals surface area contributed by atoms with E-state index < -0.39 is 15.9 Å². The van der Waals surface area contributed by atoms with Crippen molar-refractivity contribution < 1.29 is 17.9 Å². The third-order valence-electron chi connectivity index (χ3n) is 6.18. The molecule has 0 spiro atoms. The summed E-state index contributed by atoms with van der Waals surface area (Å²) in [6, 6.07) is 4.56. The van der Waals surface area contributed by atoms with Crippen molar-refractivity contribution in [3.63, 3.8) is 0 Å². The number of nitrogens with zero attached hydrogens (tertiary/aromatic N) is 4. The Hall–Kier alpha value is -2.85. The van der Waals surface area contributed by atoms with E-state index in [1.165, 1.54) is 18.6 Å². The SMILES string of the molecule is O=C(Nc1cnccn1)[C@H](CC1CCOCC1)n1ncc2c(S(=O)(=O)C3CC3)cccc21. The van der Waals surface area contributed by atoms with Gasteiger partial charge in [-0.3, -0.25) is 14.5 Å². The lowest BCUT2D eigenvalue weighted by Gasteiger charge is -2.26. The molecule has 1 saturated carbocycles. The second kappa shape index (κ2) is 8.59. The number of carbonyl (C=O) groups excluding carboxylic acids is 1. The van der Waals surface area contributed by atoms with E-state index in [1.807, 2.05) is 6.07 Å². The van der Waals surface area contributed by atoms with Crippen molar-refractivity contribution in [2.45, 2.75) is 48.3 Å². The Morgan fingerprint density at radius 3 is 2.69 bits per heavy atom. The number of rotatable bonds is 7. The van der Waals surface area contributed by atoms with Crippen LogP contribution in [0.4, 0.5) is 5.82 Å². The van der Waals surface area contributed by atoms with E-state index >= 15 is 0 Å². The van der Waals surface area contributed by atoms with Crippen molar-refractivity contribution in [3.05, 3.63) is 43.0 Å². The van der Waals surface area contributed by atoms with Crippen LogP contribution in [0.25, 0.3) is 10.9 Å². The van der Waals surface area contributed by atoms with Gasteiger partial charge in [0.15, 0.2) is 15.7 Å². The Morgan fingerprint density at radius 2 is 1.97 bits per heavy atom. The monoisotopic (exact) mass is 455 g/mol. The molecule has 3 aromatic rings. The Kier molecular flexibility index (Phi) is 5.64. The largest absolute Gasteiger partial charge is 0.381 e. The summed E-state index contributed by atoms with van der Waals surface area (Å²) >= 11 is 0. The molecular formula is C22H25N5O4S. The van der Waals surface area contributed by atoms with Crippen LogP contribution in [0.2, 0.25) is 0 Å². The van der Waals surface area contributed by atoms with E-state index in [0.717, 1.165) is 12.8 Å². The number of hydrogen-bond donors (Lipinski definition) is 1. The van der Waals surface area contributed by atoms with Crippen LogP contribution in [0.3, 0.4) is 0 Å². The fourth-order valence-corrected chi connectivity index (χ4v) is 6.14. The molecule has 5 rings (SSSR count). The van der Waals surface area contributed by atoms with Crippen molar-refractivity contribution in [2.24, 2.45) is 5.92 Å². The molecule has 2 aromatic heterocycles. The van der Waals surface area contributed by atoms with Gasteiger partial charge in [-0.15, -0.1) is 0 Å². The number of nitrogens with one attached hydrogen (secondary N) is 1. The number of hydrogen-bond acceptors (Lipinski definition) is 7. The molecule has 1 atom stereocenters. The fraction of sp³-hybridized carbons (Fsp3) is 0.455. The van der Waals surface area contributed by atoms with Gasteiger partial charge >= 0.3 is 0 Å². The third-order valence-corrected chi connectivity index (χ3v) is 8.50. The van der Waals surface area contributed by atoms with E-state index in [4.69, 9.17) is 4.74 Å². The maximum Gasteiger partial charge on any atom is 0.250 e. The lowest BCUT2D eigenvalue weighted by Crippen LogP contribution is -2.30. The van der Waals surface area contributed by atoms with E-state index in [0.29, 0.717) is 60.0 Å². The molecule has 2 aliphatic rings. The summed E-state index contributed by atoms with van der Waals surface area (Å²) in [6.07, 6.45) is 9.82. The molecule has 10 heteroatoms. The number of benzene rings is 1. The third kappa shape index (κ3) is 4.12. The number of amides is 1. The molecule has 0 radical (unpaired) electrons. The molecule has 9 nitrogen and oxygen atoms in total. The number of ether oxygens (including phenoxy) is 1. The normalized spacial score (nSPS) is 18.5. The smallest absolute Gasteiger partial charge is 0.250 e. The molecule has 1 aliphatic heterocycles. The lowest BCUT2D eigenvalue weighted by atomic mass is 9.92. The number of fused-ring (bicyclic) bond motifs is 1. The second-order valence-electron chi connectivity index (χ2n) is 8.41. The number of aromatic nitrogens is 4. The lowest BCUT2D eigenvalue weighted by molar-refractivity contribution is -0.120. The first kappa shape index (κ1) is 21.0. The highest BCUT2D eigenvalue weighted by molar-refractivity contribution is 7.92. The highest BCUT2D eigenvalue weighted by atomic mass is 32.2. The van der Waals surface area contributed by atoms with Crippen LogP contribution in [-0.4, -0.2) is 52.5 Å². The molecule has 1 aromatic carbocycles. The first-order valence-electron chi connectivity index (χ1n) is 10.9. The van der Waals surface area contributed by atoms with E-state index in [-0.39, 0.29) is 11.2 Å². The zero-order chi connectivity index (χ0) is 22.1. The molecule has 3 heterocycles. The second-order valence-corrected chi connectivity index (χ2v) is 10.6. The standard InChI is InChI=1S/C22H25N5O4S/c28-22(26-21-14-23-8-9-24-21)19(12-15-6-10-31-11-7-15)27-18-2-1-3-20(17(18)13-25-27)32(29,30)16-4-5-16/h1-3,8-9,13-16,19H,4-7,10-12H2,(H,24,26,28)/t19-/m0/s1. The summed E-state index contributed by atoms with van der Waals surface area (Å²) in [5, 5.41) is 7.58. The number of carbonyl (C=O) groups is 1. The predicted molar refractivity (Wildman–Crippen MR) is 118 cm³/mol. The van der Waals surface area contributed by atoms with E-state index in [9.17, 15) is 13.2 Å². The van der Waals surface area contributed by atoms with Gasteiger partial charge in [0.25, 0.3) is 0 Å². The molecule has 2 fully saturated rings. The summed E-state index contributed by atoms with van der Waals surface area (Å²) in [7, 11) is -3.39. The van der Waals surface area contributed by atoms with Gasteiger partial charge in [-0.1, -0.05) is 6.07 Å². The van der Waals surface area contributed by atoms with Crippen LogP contribution in [0, 0.1) is 5.92 Å². The van der Waals surface area contributed by atoms with E-state index in [2.05, 4.69) is 20.4 Å². The molecular weight excluding hydrogens is 430 g/mol. The molecule has 32 heavy (non-hydrogen) atoms. The summed E-state index contributed by atoms with van der Waals surface area (Å²) in [4.78, 5) is 21.8. The average molecular weight is 456 g/mol. The maximum absolute atomic E-state index is 13.3. The van der Waals surface area contributed by atoms with Crippen molar-refractivity contribution in [1.29, 1.82) is 0 Å². The molecule has 0 bridgehead atoms. The fourth-order valence-electron chi connectivity index (χ4n) is 4.29. The quantitative estimate of drug-likeness (QED) is 0.582. The molecule has 168 valence electrons.